The van der Waals surface area contributed by atoms with Crippen molar-refractivity contribution in [3.8, 4) is 5.75 Å². The standard InChI is InChI=1S/C21H28N2O5S/c1-22(2)9-6-16-13-23(19-12-17(26-3)4-5-18(16)19)21(25)28-14-27-20(24)15-7-10-29-11-8-15/h4-5,12-13,15H,6-11,14H2,1-3H3. The minimum atomic E-state index is -0.577. The summed E-state index contributed by atoms with van der Waals surface area (Å²) in [5.74, 6) is 2.21. The third-order valence-corrected chi connectivity index (χ3v) is 6.11. The SMILES string of the molecule is COc1ccc2c(CCN(C)C)cn(C(=O)OCOC(=O)C3CCSCC3)c2c1. The van der Waals surface area contributed by atoms with Gasteiger partial charge < -0.3 is 19.1 Å². The Hall–Kier alpha value is -2.19. The maximum atomic E-state index is 12.7. The molecular formula is C21H28N2O5S. The minimum absolute atomic E-state index is 0.0933. The molecule has 0 N–H and O–H groups in total. The molecule has 1 aliphatic heterocycles. The molecule has 158 valence electrons. The normalized spacial score (nSPS) is 14.9. The van der Waals surface area contributed by atoms with E-state index in [0.29, 0.717) is 11.3 Å². The van der Waals surface area contributed by atoms with Gasteiger partial charge in [-0.15, -0.1) is 0 Å². The first-order valence-corrected chi connectivity index (χ1v) is 10.9. The second kappa shape index (κ2) is 10.0. The molecule has 0 atom stereocenters. The van der Waals surface area contributed by atoms with Gasteiger partial charge in [0.05, 0.1) is 18.5 Å². The lowest BCUT2D eigenvalue weighted by atomic mass is 10.0. The van der Waals surface area contributed by atoms with Crippen molar-refractivity contribution in [1.29, 1.82) is 0 Å². The minimum Gasteiger partial charge on any atom is -0.497 e. The molecule has 7 nitrogen and oxygen atoms in total. The van der Waals surface area contributed by atoms with Crippen LogP contribution in [0.15, 0.2) is 24.4 Å². The van der Waals surface area contributed by atoms with Crippen LogP contribution in [0.3, 0.4) is 0 Å². The van der Waals surface area contributed by atoms with Crippen molar-refractivity contribution < 1.29 is 23.8 Å². The molecule has 1 aliphatic rings. The number of rotatable bonds is 7. The molecule has 0 aliphatic carbocycles. The predicted molar refractivity (Wildman–Crippen MR) is 114 cm³/mol. The second-order valence-electron chi connectivity index (χ2n) is 7.34. The fraction of sp³-hybridized carbons (Fsp3) is 0.524. The summed E-state index contributed by atoms with van der Waals surface area (Å²) in [6, 6.07) is 5.63. The van der Waals surface area contributed by atoms with E-state index in [0.717, 1.165) is 48.3 Å². The summed E-state index contributed by atoms with van der Waals surface area (Å²) < 4.78 is 17.2. The Morgan fingerprint density at radius 3 is 2.66 bits per heavy atom. The van der Waals surface area contributed by atoms with Crippen molar-refractivity contribution in [2.75, 3.05) is 46.0 Å². The van der Waals surface area contributed by atoms with Gasteiger partial charge in [-0.25, -0.2) is 4.79 Å². The van der Waals surface area contributed by atoms with Crippen molar-refractivity contribution in [2.24, 2.45) is 5.92 Å². The fourth-order valence-electron chi connectivity index (χ4n) is 3.36. The third kappa shape index (κ3) is 5.45. The summed E-state index contributed by atoms with van der Waals surface area (Å²) in [6.45, 7) is 0.482. The second-order valence-corrected chi connectivity index (χ2v) is 8.56. The summed E-state index contributed by atoms with van der Waals surface area (Å²) in [5.41, 5.74) is 1.75. The topological polar surface area (TPSA) is 70.0 Å². The van der Waals surface area contributed by atoms with Crippen molar-refractivity contribution >= 4 is 34.7 Å². The maximum absolute atomic E-state index is 12.7. The van der Waals surface area contributed by atoms with Gasteiger partial charge >= 0.3 is 12.1 Å². The van der Waals surface area contributed by atoms with Crippen LogP contribution in [0.4, 0.5) is 4.79 Å². The van der Waals surface area contributed by atoms with E-state index in [9.17, 15) is 9.59 Å². The zero-order valence-corrected chi connectivity index (χ0v) is 18.0. The number of esters is 1. The maximum Gasteiger partial charge on any atom is 0.421 e. The van der Waals surface area contributed by atoms with Crippen molar-refractivity contribution in [3.63, 3.8) is 0 Å². The van der Waals surface area contributed by atoms with E-state index in [-0.39, 0.29) is 18.7 Å². The number of thioether (sulfide) groups is 1. The molecule has 1 aromatic carbocycles. The predicted octanol–water partition coefficient (Wildman–Crippen LogP) is 3.38. The lowest BCUT2D eigenvalue weighted by Crippen LogP contribution is -2.24. The molecule has 0 amide bonds. The summed E-state index contributed by atoms with van der Waals surface area (Å²) in [7, 11) is 5.61. The molecule has 0 spiro atoms. The van der Waals surface area contributed by atoms with Gasteiger partial charge in [-0.3, -0.25) is 9.36 Å². The Balaban J connectivity index is 1.69. The lowest BCUT2D eigenvalue weighted by molar-refractivity contribution is -0.157. The molecule has 3 rings (SSSR count). The van der Waals surface area contributed by atoms with Crippen LogP contribution in [0, 0.1) is 5.92 Å². The van der Waals surface area contributed by atoms with Crippen LogP contribution in [-0.4, -0.2) is 67.6 Å². The van der Waals surface area contributed by atoms with E-state index in [1.807, 2.05) is 44.1 Å². The highest BCUT2D eigenvalue weighted by Crippen LogP contribution is 2.27. The number of carbonyl (C=O) groups excluding carboxylic acids is 2. The average molecular weight is 421 g/mol. The fourth-order valence-corrected chi connectivity index (χ4v) is 4.46. The van der Waals surface area contributed by atoms with Crippen molar-refractivity contribution in [3.05, 3.63) is 30.0 Å². The number of methoxy groups -OCH3 is 1. The highest BCUT2D eigenvalue weighted by atomic mass is 32.2. The molecule has 1 aromatic heterocycles. The smallest absolute Gasteiger partial charge is 0.421 e. The molecule has 2 heterocycles. The molecule has 1 saturated heterocycles. The Kier molecular flexibility index (Phi) is 7.44. The Morgan fingerprint density at radius 2 is 1.97 bits per heavy atom. The summed E-state index contributed by atoms with van der Waals surface area (Å²) >= 11 is 1.84. The van der Waals surface area contributed by atoms with Crippen LogP contribution in [0.25, 0.3) is 10.9 Å². The van der Waals surface area contributed by atoms with Gasteiger partial charge in [-0.05, 0) is 62.6 Å². The van der Waals surface area contributed by atoms with Gasteiger partial charge in [0.1, 0.15) is 5.75 Å². The van der Waals surface area contributed by atoms with Gasteiger partial charge in [-0.1, -0.05) is 0 Å². The zero-order chi connectivity index (χ0) is 20.8. The average Bonchev–Trinajstić information content (AvgIpc) is 3.10. The molecular weight excluding hydrogens is 392 g/mol. The zero-order valence-electron chi connectivity index (χ0n) is 17.2. The number of hydrogen-bond donors (Lipinski definition) is 0. The molecule has 29 heavy (non-hydrogen) atoms. The van der Waals surface area contributed by atoms with Gasteiger partial charge in [0.25, 0.3) is 0 Å². The van der Waals surface area contributed by atoms with Crippen LogP contribution in [0.5, 0.6) is 5.75 Å². The number of carbonyl (C=O) groups is 2. The number of aromatic nitrogens is 1. The summed E-state index contributed by atoms with van der Waals surface area (Å²) in [6.07, 6.45) is 3.64. The third-order valence-electron chi connectivity index (χ3n) is 5.06. The van der Waals surface area contributed by atoms with Crippen molar-refractivity contribution in [2.45, 2.75) is 19.3 Å². The Bertz CT molecular complexity index is 858. The van der Waals surface area contributed by atoms with Crippen LogP contribution in [-0.2, 0) is 20.7 Å². The molecule has 0 bridgehead atoms. The van der Waals surface area contributed by atoms with Crippen LogP contribution < -0.4 is 4.74 Å². The van der Waals surface area contributed by atoms with Gasteiger partial charge in [0.15, 0.2) is 0 Å². The first-order valence-electron chi connectivity index (χ1n) is 9.74. The van der Waals surface area contributed by atoms with Crippen LogP contribution >= 0.6 is 11.8 Å². The quantitative estimate of drug-likeness (QED) is 0.502. The van der Waals surface area contributed by atoms with Crippen LogP contribution in [0.1, 0.15) is 18.4 Å². The number of hydrogen-bond acceptors (Lipinski definition) is 7. The van der Waals surface area contributed by atoms with Gasteiger partial charge in [0, 0.05) is 24.2 Å². The molecule has 2 aromatic rings. The highest BCUT2D eigenvalue weighted by Gasteiger charge is 2.23. The van der Waals surface area contributed by atoms with Gasteiger partial charge in [0.2, 0.25) is 6.79 Å². The Labute approximate surface area is 175 Å². The number of benzene rings is 1. The van der Waals surface area contributed by atoms with Crippen LogP contribution in [0.2, 0.25) is 0 Å². The number of nitrogens with zero attached hydrogens (tertiary/aromatic N) is 2. The Morgan fingerprint density at radius 1 is 1.21 bits per heavy atom. The van der Waals surface area contributed by atoms with E-state index in [4.69, 9.17) is 14.2 Å². The van der Waals surface area contributed by atoms with E-state index < -0.39 is 6.09 Å². The first kappa shape index (κ1) is 21.5. The summed E-state index contributed by atoms with van der Waals surface area (Å²) in [5, 5.41) is 0.973. The van der Waals surface area contributed by atoms with E-state index in [1.165, 1.54) is 4.57 Å². The van der Waals surface area contributed by atoms with Gasteiger partial charge in [-0.2, -0.15) is 11.8 Å². The summed E-state index contributed by atoms with van der Waals surface area (Å²) in [4.78, 5) is 26.9. The number of likely N-dealkylation sites (N-methyl/N-ethyl adjacent to an activating group) is 1. The molecule has 1 fully saturated rings. The first-order chi connectivity index (χ1) is 14.0. The van der Waals surface area contributed by atoms with Crippen molar-refractivity contribution in [1.82, 2.24) is 9.47 Å². The lowest BCUT2D eigenvalue weighted by Gasteiger charge is -2.19. The molecule has 0 radical (unpaired) electrons. The van der Waals surface area contributed by atoms with E-state index >= 15 is 0 Å². The molecule has 8 heteroatoms. The number of ether oxygens (including phenoxy) is 3. The van der Waals surface area contributed by atoms with E-state index in [2.05, 4.69) is 4.90 Å². The molecule has 0 saturated carbocycles. The monoisotopic (exact) mass is 420 g/mol. The molecule has 0 unspecified atom stereocenters. The largest absolute Gasteiger partial charge is 0.497 e. The highest BCUT2D eigenvalue weighted by molar-refractivity contribution is 7.99. The number of fused-ring (bicyclic) bond motifs is 1. The van der Waals surface area contributed by atoms with E-state index in [1.54, 1.807) is 13.3 Å².